The van der Waals surface area contributed by atoms with E-state index in [1.807, 2.05) is 24.3 Å². The fraction of sp³-hybridized carbons (Fsp3) is 0.455. The van der Waals surface area contributed by atoms with Crippen LogP contribution in [0.5, 0.6) is 11.5 Å². The largest absolute Gasteiger partial charge is 0.497 e. The zero-order chi connectivity index (χ0) is 10.4. The van der Waals surface area contributed by atoms with Crippen LogP contribution in [0.4, 0.5) is 0 Å². The van der Waals surface area contributed by atoms with E-state index in [4.69, 9.17) is 9.47 Å². The van der Waals surface area contributed by atoms with Crippen molar-refractivity contribution in [1.82, 2.24) is 5.32 Å². The second kappa shape index (κ2) is 5.50. The molecule has 0 amide bonds. The zero-order valence-corrected chi connectivity index (χ0v) is 8.91. The highest BCUT2D eigenvalue weighted by Gasteiger charge is 1.96. The van der Waals surface area contributed by atoms with E-state index in [-0.39, 0.29) is 0 Å². The molecule has 78 valence electrons. The highest BCUT2D eigenvalue weighted by molar-refractivity contribution is 5.32. The van der Waals surface area contributed by atoms with Gasteiger partial charge in [0.05, 0.1) is 7.11 Å². The summed E-state index contributed by atoms with van der Waals surface area (Å²) in [6.45, 7) is 4.68. The van der Waals surface area contributed by atoms with Crippen LogP contribution in [0.2, 0.25) is 0 Å². The smallest absolute Gasteiger partial charge is 0.139 e. The second-order valence-corrected chi connectivity index (χ2v) is 3.33. The molecule has 0 aliphatic heterocycles. The number of hydrogen-bond donors (Lipinski definition) is 1. The van der Waals surface area contributed by atoms with Gasteiger partial charge >= 0.3 is 0 Å². The molecule has 0 fully saturated rings. The van der Waals surface area contributed by atoms with Crippen LogP contribution in [0.15, 0.2) is 24.3 Å². The van der Waals surface area contributed by atoms with Crippen LogP contribution in [0.1, 0.15) is 13.8 Å². The van der Waals surface area contributed by atoms with Crippen molar-refractivity contribution < 1.29 is 9.47 Å². The van der Waals surface area contributed by atoms with Gasteiger partial charge in [-0.1, -0.05) is 6.07 Å². The SMILES string of the molecule is COc1cccc(OCNC(C)C)c1. The first-order chi connectivity index (χ1) is 6.72. The molecule has 0 bridgehead atoms. The van der Waals surface area contributed by atoms with Gasteiger partial charge in [0.15, 0.2) is 0 Å². The molecule has 14 heavy (non-hydrogen) atoms. The van der Waals surface area contributed by atoms with Crippen LogP contribution in [0, 0.1) is 0 Å². The van der Waals surface area contributed by atoms with Crippen molar-refractivity contribution in [3.05, 3.63) is 24.3 Å². The minimum atomic E-state index is 0.431. The molecule has 0 aliphatic rings. The summed E-state index contributed by atoms with van der Waals surface area (Å²) in [5.74, 6) is 1.63. The van der Waals surface area contributed by atoms with Gasteiger partial charge in [0.1, 0.15) is 18.2 Å². The van der Waals surface area contributed by atoms with Crippen LogP contribution < -0.4 is 14.8 Å². The number of methoxy groups -OCH3 is 1. The van der Waals surface area contributed by atoms with Crippen molar-refractivity contribution in [3.8, 4) is 11.5 Å². The highest BCUT2D eigenvalue weighted by atomic mass is 16.5. The Balaban J connectivity index is 2.42. The predicted octanol–water partition coefficient (Wildman–Crippen LogP) is 2.03. The Labute approximate surface area is 85.0 Å². The van der Waals surface area contributed by atoms with Crippen molar-refractivity contribution in [1.29, 1.82) is 0 Å². The van der Waals surface area contributed by atoms with Gasteiger partial charge in [-0.05, 0) is 26.0 Å². The first-order valence-electron chi connectivity index (χ1n) is 4.72. The minimum Gasteiger partial charge on any atom is -0.497 e. The summed E-state index contributed by atoms with van der Waals surface area (Å²) >= 11 is 0. The number of hydrogen-bond acceptors (Lipinski definition) is 3. The van der Waals surface area contributed by atoms with E-state index in [0.29, 0.717) is 12.8 Å². The van der Waals surface area contributed by atoms with E-state index in [9.17, 15) is 0 Å². The Hall–Kier alpha value is -1.22. The van der Waals surface area contributed by atoms with Crippen LogP contribution in [0.3, 0.4) is 0 Å². The number of ether oxygens (including phenoxy) is 2. The van der Waals surface area contributed by atoms with Gasteiger partial charge in [0.25, 0.3) is 0 Å². The topological polar surface area (TPSA) is 30.5 Å². The molecule has 1 rings (SSSR count). The summed E-state index contributed by atoms with van der Waals surface area (Å²) in [5.41, 5.74) is 0. The summed E-state index contributed by atoms with van der Waals surface area (Å²) in [4.78, 5) is 0. The molecule has 1 aromatic carbocycles. The maximum absolute atomic E-state index is 5.47. The Morgan fingerprint density at radius 2 is 2.00 bits per heavy atom. The monoisotopic (exact) mass is 195 g/mol. The molecule has 1 aromatic rings. The molecule has 0 radical (unpaired) electrons. The molecule has 1 N–H and O–H groups in total. The summed E-state index contributed by atoms with van der Waals surface area (Å²) in [6.07, 6.45) is 0. The van der Waals surface area contributed by atoms with Gasteiger partial charge in [0.2, 0.25) is 0 Å². The number of benzene rings is 1. The number of rotatable bonds is 5. The molecule has 3 nitrogen and oxygen atoms in total. The quantitative estimate of drug-likeness (QED) is 0.729. The lowest BCUT2D eigenvalue weighted by Gasteiger charge is -2.10. The van der Waals surface area contributed by atoms with E-state index in [2.05, 4.69) is 19.2 Å². The Kier molecular flexibility index (Phi) is 4.26. The second-order valence-electron chi connectivity index (χ2n) is 3.33. The summed E-state index contributed by atoms with van der Waals surface area (Å²) in [5, 5.41) is 3.17. The lowest BCUT2D eigenvalue weighted by atomic mass is 10.3. The first kappa shape index (κ1) is 10.9. The average Bonchev–Trinajstić information content (AvgIpc) is 2.18. The Morgan fingerprint density at radius 1 is 1.29 bits per heavy atom. The van der Waals surface area contributed by atoms with Gasteiger partial charge in [-0.25, -0.2) is 0 Å². The molecule has 0 heterocycles. The minimum absolute atomic E-state index is 0.431. The van der Waals surface area contributed by atoms with Crippen molar-refractivity contribution in [2.24, 2.45) is 0 Å². The maximum atomic E-state index is 5.47. The Bertz CT molecular complexity index is 274. The van der Waals surface area contributed by atoms with Crippen LogP contribution >= 0.6 is 0 Å². The molecular formula is C11H17NO2. The predicted molar refractivity (Wildman–Crippen MR) is 56.8 cm³/mol. The fourth-order valence-corrected chi connectivity index (χ4v) is 0.983. The van der Waals surface area contributed by atoms with E-state index in [1.165, 1.54) is 0 Å². The molecule has 0 spiro atoms. The third kappa shape index (κ3) is 3.66. The van der Waals surface area contributed by atoms with E-state index < -0.39 is 0 Å². The molecule has 0 aromatic heterocycles. The van der Waals surface area contributed by atoms with Crippen molar-refractivity contribution >= 4 is 0 Å². The normalized spacial score (nSPS) is 10.3. The van der Waals surface area contributed by atoms with Gasteiger partial charge in [-0.15, -0.1) is 0 Å². The molecule has 0 aliphatic carbocycles. The standard InChI is InChI=1S/C11H17NO2/c1-9(2)12-8-14-11-6-4-5-10(7-11)13-3/h4-7,9,12H,8H2,1-3H3. The molecule has 0 atom stereocenters. The van der Waals surface area contributed by atoms with Crippen LogP contribution in [0.25, 0.3) is 0 Å². The van der Waals surface area contributed by atoms with Crippen LogP contribution in [-0.4, -0.2) is 19.9 Å². The Morgan fingerprint density at radius 3 is 2.64 bits per heavy atom. The summed E-state index contributed by atoms with van der Waals surface area (Å²) in [7, 11) is 1.64. The van der Waals surface area contributed by atoms with Crippen LogP contribution in [-0.2, 0) is 0 Å². The zero-order valence-electron chi connectivity index (χ0n) is 8.91. The summed E-state index contributed by atoms with van der Waals surface area (Å²) < 4.78 is 10.6. The van der Waals surface area contributed by atoms with Gasteiger partial charge in [-0.2, -0.15) is 0 Å². The number of nitrogens with one attached hydrogen (secondary N) is 1. The first-order valence-corrected chi connectivity index (χ1v) is 4.72. The lowest BCUT2D eigenvalue weighted by molar-refractivity contribution is 0.269. The molecule has 0 unspecified atom stereocenters. The third-order valence-corrected chi connectivity index (χ3v) is 1.77. The van der Waals surface area contributed by atoms with Crippen molar-refractivity contribution in [2.75, 3.05) is 13.8 Å². The van der Waals surface area contributed by atoms with Gasteiger partial charge < -0.3 is 9.47 Å². The maximum Gasteiger partial charge on any atom is 0.139 e. The molecular weight excluding hydrogens is 178 g/mol. The molecule has 0 saturated carbocycles. The van der Waals surface area contributed by atoms with E-state index >= 15 is 0 Å². The average molecular weight is 195 g/mol. The van der Waals surface area contributed by atoms with Crippen molar-refractivity contribution in [3.63, 3.8) is 0 Å². The third-order valence-electron chi connectivity index (χ3n) is 1.77. The summed E-state index contributed by atoms with van der Waals surface area (Å²) in [6, 6.07) is 8.00. The highest BCUT2D eigenvalue weighted by Crippen LogP contribution is 2.18. The van der Waals surface area contributed by atoms with E-state index in [0.717, 1.165) is 11.5 Å². The van der Waals surface area contributed by atoms with Gasteiger partial charge in [0, 0.05) is 12.1 Å². The molecule has 3 heteroatoms. The fourth-order valence-electron chi connectivity index (χ4n) is 0.983. The molecule has 0 saturated heterocycles. The van der Waals surface area contributed by atoms with E-state index in [1.54, 1.807) is 7.11 Å². The van der Waals surface area contributed by atoms with Gasteiger partial charge in [-0.3, -0.25) is 5.32 Å². The lowest BCUT2D eigenvalue weighted by Crippen LogP contribution is -2.27. The van der Waals surface area contributed by atoms with Crippen molar-refractivity contribution in [2.45, 2.75) is 19.9 Å².